The Morgan fingerprint density at radius 2 is 1.67 bits per heavy atom. The molecule has 0 spiro atoms. The van der Waals surface area contributed by atoms with Crippen LogP contribution in [0.5, 0.6) is 0 Å². The van der Waals surface area contributed by atoms with E-state index in [0.717, 1.165) is 11.8 Å². The molecule has 0 amide bonds. The minimum Gasteiger partial charge on any atom is -0.298 e. The van der Waals surface area contributed by atoms with Crippen LogP contribution in [0.4, 0.5) is 0 Å². The maximum Gasteiger partial charge on any atom is 0.150 e. The normalized spacial score (nSPS) is 7.56. The predicted molar refractivity (Wildman–Crippen MR) is 31.8 cm³/mol. The number of benzene rings is 1. The molecule has 0 aliphatic heterocycles. The molecule has 0 saturated heterocycles. The van der Waals surface area contributed by atoms with Crippen LogP contribution >= 0.6 is 0 Å². The van der Waals surface area contributed by atoms with E-state index in [9.17, 15) is 4.79 Å². The van der Waals surface area contributed by atoms with Gasteiger partial charge >= 0.3 is 0 Å². The van der Waals surface area contributed by atoms with Crippen LogP contribution in [0, 0.1) is 0 Å². The van der Waals surface area contributed by atoms with Gasteiger partial charge in [-0.1, -0.05) is 30.3 Å². The molecule has 0 heterocycles. The van der Waals surface area contributed by atoms with Crippen LogP contribution in [0.15, 0.2) is 30.3 Å². The zero-order valence-electron chi connectivity index (χ0n) is 4.82. The van der Waals surface area contributed by atoms with Crippen molar-refractivity contribution in [1.82, 2.24) is 0 Å². The summed E-state index contributed by atoms with van der Waals surface area (Å²) in [4.78, 5) is 10.0. The van der Waals surface area contributed by atoms with Gasteiger partial charge in [0.1, 0.15) is 6.29 Å². The second-order valence-electron chi connectivity index (χ2n) is 1.53. The van der Waals surface area contributed by atoms with Crippen molar-refractivity contribution in [3.63, 3.8) is 0 Å². The number of hydrogen-bond donors (Lipinski definition) is 0. The van der Waals surface area contributed by atoms with Gasteiger partial charge in [-0.25, -0.2) is 0 Å². The molecular formula is C7H6OV. The molecule has 1 nitrogen and oxygen atoms in total. The van der Waals surface area contributed by atoms with Crippen LogP contribution < -0.4 is 0 Å². The first-order chi connectivity index (χ1) is 3.93. The van der Waals surface area contributed by atoms with Crippen LogP contribution in [0.2, 0.25) is 0 Å². The standard InChI is InChI=1S/C7H6O.V/c8-6-7-4-2-1-3-5-7;/h1-6H;. The van der Waals surface area contributed by atoms with E-state index >= 15 is 0 Å². The summed E-state index contributed by atoms with van der Waals surface area (Å²) in [7, 11) is 0. The molecule has 9 heavy (non-hydrogen) atoms. The monoisotopic (exact) mass is 157 g/mol. The average molecular weight is 157 g/mol. The molecule has 0 N–H and O–H groups in total. The molecular weight excluding hydrogens is 151 g/mol. The molecule has 1 aromatic carbocycles. The Morgan fingerprint density at radius 1 is 1.11 bits per heavy atom. The number of hydrogen-bond acceptors (Lipinski definition) is 1. The Hall–Kier alpha value is -0.526. The van der Waals surface area contributed by atoms with Crippen molar-refractivity contribution < 1.29 is 23.4 Å². The van der Waals surface area contributed by atoms with Gasteiger partial charge in [0.2, 0.25) is 0 Å². The van der Waals surface area contributed by atoms with Crippen molar-refractivity contribution in [3.8, 4) is 0 Å². The maximum absolute atomic E-state index is 10.0. The van der Waals surface area contributed by atoms with Crippen LogP contribution in [-0.2, 0) is 18.6 Å². The second kappa shape index (κ2) is 4.36. The second-order valence-corrected chi connectivity index (χ2v) is 1.53. The summed E-state index contributed by atoms with van der Waals surface area (Å²) in [6, 6.07) is 9.10. The minimum absolute atomic E-state index is 0. The number of carbonyl (C=O) groups is 1. The molecule has 1 radical (unpaired) electrons. The van der Waals surface area contributed by atoms with E-state index in [1.807, 2.05) is 18.2 Å². The average Bonchev–Trinajstić information content (AvgIpc) is 1.90. The van der Waals surface area contributed by atoms with E-state index in [2.05, 4.69) is 0 Å². The fraction of sp³-hybridized carbons (Fsp3) is 0. The smallest absolute Gasteiger partial charge is 0.150 e. The molecule has 0 aliphatic rings. The van der Waals surface area contributed by atoms with Crippen molar-refractivity contribution in [2.24, 2.45) is 0 Å². The summed E-state index contributed by atoms with van der Waals surface area (Å²) in [5, 5.41) is 0. The first kappa shape index (κ1) is 8.47. The quantitative estimate of drug-likeness (QED) is 0.564. The van der Waals surface area contributed by atoms with E-state index in [-0.39, 0.29) is 18.6 Å². The summed E-state index contributed by atoms with van der Waals surface area (Å²) in [5.74, 6) is 0. The van der Waals surface area contributed by atoms with Gasteiger partial charge in [0, 0.05) is 24.1 Å². The molecule has 0 aromatic heterocycles. The van der Waals surface area contributed by atoms with Crippen molar-refractivity contribution in [3.05, 3.63) is 35.9 Å². The fourth-order valence-corrected chi connectivity index (χ4v) is 0.532. The molecule has 1 aromatic rings. The van der Waals surface area contributed by atoms with Gasteiger partial charge in [-0.3, -0.25) is 4.79 Å². The molecule has 0 unspecified atom stereocenters. The number of rotatable bonds is 1. The van der Waals surface area contributed by atoms with Crippen LogP contribution in [-0.4, -0.2) is 6.29 Å². The molecule has 0 saturated carbocycles. The van der Waals surface area contributed by atoms with E-state index in [1.165, 1.54) is 0 Å². The summed E-state index contributed by atoms with van der Waals surface area (Å²) in [6.07, 6.45) is 0.833. The first-order valence-corrected chi connectivity index (χ1v) is 2.44. The van der Waals surface area contributed by atoms with Crippen molar-refractivity contribution >= 4 is 6.29 Å². The summed E-state index contributed by atoms with van der Waals surface area (Å²) in [6.45, 7) is 0. The maximum atomic E-state index is 10.0. The molecule has 0 atom stereocenters. The van der Waals surface area contributed by atoms with Gasteiger partial charge in [-0.05, 0) is 0 Å². The largest absolute Gasteiger partial charge is 0.298 e. The third-order valence-electron chi connectivity index (χ3n) is 0.936. The first-order valence-electron chi connectivity index (χ1n) is 2.44. The van der Waals surface area contributed by atoms with Gasteiger partial charge in [-0.2, -0.15) is 0 Å². The van der Waals surface area contributed by atoms with Crippen molar-refractivity contribution in [1.29, 1.82) is 0 Å². The van der Waals surface area contributed by atoms with Crippen LogP contribution in [0.3, 0.4) is 0 Å². The number of aldehydes is 1. The summed E-state index contributed by atoms with van der Waals surface area (Å²) >= 11 is 0. The Kier molecular flexibility index (Phi) is 4.11. The van der Waals surface area contributed by atoms with Gasteiger partial charge in [-0.15, -0.1) is 0 Å². The van der Waals surface area contributed by atoms with Crippen LogP contribution in [0.25, 0.3) is 0 Å². The van der Waals surface area contributed by atoms with E-state index in [4.69, 9.17) is 0 Å². The SMILES string of the molecule is O=Cc1ccccc1.[V]. The molecule has 1 rings (SSSR count). The molecule has 0 aliphatic carbocycles. The number of carbonyl (C=O) groups excluding carboxylic acids is 1. The van der Waals surface area contributed by atoms with Crippen LogP contribution in [0.1, 0.15) is 10.4 Å². The Bertz CT molecular complexity index is 172. The minimum atomic E-state index is 0. The zero-order valence-corrected chi connectivity index (χ0v) is 6.22. The van der Waals surface area contributed by atoms with Gasteiger partial charge in [0.15, 0.2) is 0 Å². The topological polar surface area (TPSA) is 17.1 Å². The van der Waals surface area contributed by atoms with Gasteiger partial charge in [0.05, 0.1) is 0 Å². The molecule has 0 fully saturated rings. The van der Waals surface area contributed by atoms with E-state index < -0.39 is 0 Å². The molecule has 2 heteroatoms. The van der Waals surface area contributed by atoms with Gasteiger partial charge in [0.25, 0.3) is 0 Å². The zero-order chi connectivity index (χ0) is 5.82. The predicted octanol–water partition coefficient (Wildman–Crippen LogP) is 1.50. The Morgan fingerprint density at radius 3 is 2.00 bits per heavy atom. The van der Waals surface area contributed by atoms with Crippen molar-refractivity contribution in [2.45, 2.75) is 0 Å². The molecule has 45 valence electrons. The Balaban J connectivity index is 0.000000640. The van der Waals surface area contributed by atoms with E-state index in [1.54, 1.807) is 12.1 Å². The molecule has 0 bridgehead atoms. The summed E-state index contributed by atoms with van der Waals surface area (Å²) in [5.41, 5.74) is 0.729. The third-order valence-corrected chi connectivity index (χ3v) is 0.936. The third kappa shape index (κ3) is 2.50. The fourth-order valence-electron chi connectivity index (χ4n) is 0.532. The van der Waals surface area contributed by atoms with E-state index in [0.29, 0.717) is 0 Å². The van der Waals surface area contributed by atoms with Gasteiger partial charge < -0.3 is 0 Å². The van der Waals surface area contributed by atoms with Crippen molar-refractivity contribution in [2.75, 3.05) is 0 Å². The Labute approximate surface area is 66.0 Å². The summed E-state index contributed by atoms with van der Waals surface area (Å²) < 4.78 is 0.